The summed E-state index contributed by atoms with van der Waals surface area (Å²) in [5, 5.41) is 2.99. The Morgan fingerprint density at radius 2 is 1.52 bits per heavy atom. The Morgan fingerprint density at radius 1 is 0.926 bits per heavy atom. The van der Waals surface area contributed by atoms with Gasteiger partial charge in [-0.1, -0.05) is 6.07 Å². The minimum absolute atomic E-state index is 0.216. The van der Waals surface area contributed by atoms with E-state index in [0.717, 1.165) is 5.56 Å². The van der Waals surface area contributed by atoms with E-state index in [-0.39, 0.29) is 11.9 Å². The normalized spacial score (nSPS) is 11.4. The van der Waals surface area contributed by atoms with Crippen LogP contribution in [0.5, 0.6) is 23.0 Å². The topological polar surface area (TPSA) is 66.0 Å². The van der Waals surface area contributed by atoms with Crippen LogP contribution in [-0.2, 0) is 0 Å². The van der Waals surface area contributed by atoms with Gasteiger partial charge in [-0.15, -0.1) is 0 Å². The van der Waals surface area contributed by atoms with E-state index in [9.17, 15) is 4.79 Å². The van der Waals surface area contributed by atoms with E-state index in [2.05, 4.69) is 5.32 Å². The number of hydrogen-bond acceptors (Lipinski definition) is 5. The summed E-state index contributed by atoms with van der Waals surface area (Å²) in [6, 6.07) is 10.5. The molecule has 0 aromatic heterocycles. The number of rotatable bonds is 9. The van der Waals surface area contributed by atoms with Crippen molar-refractivity contribution in [2.45, 2.75) is 26.8 Å². The maximum atomic E-state index is 12.7. The summed E-state index contributed by atoms with van der Waals surface area (Å²) in [4.78, 5) is 12.7. The zero-order valence-electron chi connectivity index (χ0n) is 16.5. The molecule has 0 bridgehead atoms. The number of hydrogen-bond donors (Lipinski definition) is 1. The highest BCUT2D eigenvalue weighted by Gasteiger charge is 2.16. The molecule has 0 aliphatic heterocycles. The maximum absolute atomic E-state index is 12.7. The first kappa shape index (κ1) is 20.4. The number of benzene rings is 2. The van der Waals surface area contributed by atoms with Gasteiger partial charge in [0.1, 0.15) is 11.5 Å². The molecular formula is C21H27NO5. The van der Waals surface area contributed by atoms with E-state index in [1.54, 1.807) is 32.4 Å². The number of carbonyl (C=O) groups is 1. The van der Waals surface area contributed by atoms with Gasteiger partial charge in [0.25, 0.3) is 5.91 Å². The van der Waals surface area contributed by atoms with Gasteiger partial charge in [-0.25, -0.2) is 0 Å². The standard InChI is InChI=1S/C21H27NO5/c1-6-26-19-9-8-15(12-20(19)27-7-2)14(3)22-21(23)16-10-17(24-4)13-18(11-16)25-5/h8-14H,6-7H2,1-5H3,(H,22,23). The van der Waals surface area contributed by atoms with Crippen molar-refractivity contribution in [2.75, 3.05) is 27.4 Å². The van der Waals surface area contributed by atoms with Crippen LogP contribution in [0.1, 0.15) is 42.7 Å². The van der Waals surface area contributed by atoms with Crippen LogP contribution in [0.4, 0.5) is 0 Å². The quantitative estimate of drug-likeness (QED) is 0.720. The van der Waals surface area contributed by atoms with E-state index in [4.69, 9.17) is 18.9 Å². The van der Waals surface area contributed by atoms with Gasteiger partial charge in [0.05, 0.1) is 33.5 Å². The van der Waals surface area contributed by atoms with Gasteiger partial charge in [0, 0.05) is 11.6 Å². The molecule has 6 nitrogen and oxygen atoms in total. The smallest absolute Gasteiger partial charge is 0.252 e. The molecule has 1 atom stereocenters. The third kappa shape index (κ3) is 5.29. The van der Waals surface area contributed by atoms with E-state index >= 15 is 0 Å². The first-order valence-electron chi connectivity index (χ1n) is 8.95. The lowest BCUT2D eigenvalue weighted by Gasteiger charge is -2.18. The van der Waals surface area contributed by atoms with Crippen LogP contribution in [0.15, 0.2) is 36.4 Å². The molecule has 0 aliphatic carbocycles. The molecule has 1 unspecified atom stereocenters. The average Bonchev–Trinajstić information content (AvgIpc) is 2.69. The van der Waals surface area contributed by atoms with Crippen LogP contribution in [0.2, 0.25) is 0 Å². The van der Waals surface area contributed by atoms with Crippen molar-refractivity contribution in [2.24, 2.45) is 0 Å². The fraction of sp³-hybridized carbons (Fsp3) is 0.381. The van der Waals surface area contributed by atoms with Crippen LogP contribution >= 0.6 is 0 Å². The van der Waals surface area contributed by atoms with Crippen LogP contribution < -0.4 is 24.3 Å². The molecule has 1 amide bonds. The lowest BCUT2D eigenvalue weighted by Crippen LogP contribution is -2.26. The Kier molecular flexibility index (Phi) is 7.34. The summed E-state index contributed by atoms with van der Waals surface area (Å²) < 4.78 is 21.7. The van der Waals surface area contributed by atoms with E-state index in [0.29, 0.717) is 41.8 Å². The predicted octanol–water partition coefficient (Wildman–Crippen LogP) is 3.99. The molecule has 0 spiro atoms. The summed E-state index contributed by atoms with van der Waals surface area (Å²) in [7, 11) is 3.10. The highest BCUT2D eigenvalue weighted by atomic mass is 16.5. The van der Waals surface area contributed by atoms with Gasteiger partial charge in [-0.2, -0.15) is 0 Å². The Balaban J connectivity index is 2.20. The highest BCUT2D eigenvalue weighted by molar-refractivity contribution is 5.95. The van der Waals surface area contributed by atoms with Crippen molar-refractivity contribution >= 4 is 5.91 Å². The van der Waals surface area contributed by atoms with Crippen LogP contribution in [0.3, 0.4) is 0 Å². The Morgan fingerprint density at radius 3 is 2.07 bits per heavy atom. The molecule has 0 saturated carbocycles. The molecule has 2 aromatic rings. The Hall–Kier alpha value is -2.89. The summed E-state index contributed by atoms with van der Waals surface area (Å²) in [5.74, 6) is 2.27. The first-order chi connectivity index (χ1) is 13.0. The van der Waals surface area contributed by atoms with Crippen molar-refractivity contribution in [1.82, 2.24) is 5.32 Å². The third-order valence-corrected chi connectivity index (χ3v) is 4.03. The number of carbonyl (C=O) groups excluding carboxylic acids is 1. The third-order valence-electron chi connectivity index (χ3n) is 4.03. The lowest BCUT2D eigenvalue weighted by molar-refractivity contribution is 0.0939. The van der Waals surface area contributed by atoms with Crippen molar-refractivity contribution in [3.8, 4) is 23.0 Å². The largest absolute Gasteiger partial charge is 0.497 e. The minimum atomic E-state index is -0.218. The molecule has 146 valence electrons. The molecule has 0 radical (unpaired) electrons. The van der Waals surface area contributed by atoms with Gasteiger partial charge in [0.2, 0.25) is 0 Å². The fourth-order valence-electron chi connectivity index (χ4n) is 2.64. The van der Waals surface area contributed by atoms with Crippen molar-refractivity contribution in [1.29, 1.82) is 0 Å². The summed E-state index contributed by atoms with van der Waals surface area (Å²) in [6.45, 7) is 6.86. The molecule has 1 N–H and O–H groups in total. The van der Waals surface area contributed by atoms with Gasteiger partial charge in [-0.05, 0) is 50.6 Å². The summed E-state index contributed by atoms with van der Waals surface area (Å²) in [5.41, 5.74) is 1.39. The zero-order chi connectivity index (χ0) is 19.8. The van der Waals surface area contributed by atoms with E-state index < -0.39 is 0 Å². The molecular weight excluding hydrogens is 346 g/mol. The van der Waals surface area contributed by atoms with Crippen LogP contribution in [0, 0.1) is 0 Å². The molecule has 2 aromatic carbocycles. The number of amides is 1. The second kappa shape index (κ2) is 9.71. The van der Waals surface area contributed by atoms with Crippen molar-refractivity contribution in [3.05, 3.63) is 47.5 Å². The first-order valence-corrected chi connectivity index (χ1v) is 8.95. The zero-order valence-corrected chi connectivity index (χ0v) is 16.5. The van der Waals surface area contributed by atoms with Gasteiger partial charge in [-0.3, -0.25) is 4.79 Å². The maximum Gasteiger partial charge on any atom is 0.252 e. The Bertz CT molecular complexity index is 753. The van der Waals surface area contributed by atoms with Crippen LogP contribution in [-0.4, -0.2) is 33.3 Å². The number of ether oxygens (including phenoxy) is 4. The van der Waals surface area contributed by atoms with E-state index in [1.165, 1.54) is 0 Å². The van der Waals surface area contributed by atoms with Crippen LogP contribution in [0.25, 0.3) is 0 Å². The molecule has 0 heterocycles. The molecule has 0 saturated heterocycles. The SMILES string of the molecule is CCOc1ccc(C(C)NC(=O)c2cc(OC)cc(OC)c2)cc1OCC. The molecule has 0 aliphatic rings. The summed E-state index contributed by atoms with van der Waals surface area (Å²) in [6.07, 6.45) is 0. The number of methoxy groups -OCH3 is 2. The van der Waals surface area contributed by atoms with Gasteiger partial charge >= 0.3 is 0 Å². The second-order valence-corrected chi connectivity index (χ2v) is 5.87. The van der Waals surface area contributed by atoms with Crippen molar-refractivity contribution < 1.29 is 23.7 Å². The second-order valence-electron chi connectivity index (χ2n) is 5.87. The minimum Gasteiger partial charge on any atom is -0.497 e. The monoisotopic (exact) mass is 373 g/mol. The lowest BCUT2D eigenvalue weighted by atomic mass is 10.1. The van der Waals surface area contributed by atoms with Crippen molar-refractivity contribution in [3.63, 3.8) is 0 Å². The van der Waals surface area contributed by atoms with Gasteiger partial charge in [0.15, 0.2) is 11.5 Å². The van der Waals surface area contributed by atoms with Gasteiger partial charge < -0.3 is 24.3 Å². The summed E-state index contributed by atoms with van der Waals surface area (Å²) >= 11 is 0. The average molecular weight is 373 g/mol. The van der Waals surface area contributed by atoms with E-state index in [1.807, 2.05) is 39.0 Å². The highest BCUT2D eigenvalue weighted by Crippen LogP contribution is 2.31. The molecule has 0 fully saturated rings. The fourth-order valence-corrected chi connectivity index (χ4v) is 2.64. The predicted molar refractivity (Wildman–Crippen MR) is 104 cm³/mol. The Labute approximate surface area is 160 Å². The molecule has 6 heteroatoms. The molecule has 27 heavy (non-hydrogen) atoms. The number of nitrogens with one attached hydrogen (secondary N) is 1. The molecule has 2 rings (SSSR count).